The Morgan fingerprint density at radius 3 is 2.25 bits per heavy atom. The van der Waals surface area contributed by atoms with Crippen LogP contribution >= 0.6 is 0 Å². The third-order valence-corrected chi connectivity index (χ3v) is 4.67. The molecule has 144 valence electrons. The molecule has 6 heteroatoms. The monoisotopic (exact) mass is 375 g/mol. The van der Waals surface area contributed by atoms with Gasteiger partial charge in [-0.1, -0.05) is 12.1 Å². The smallest absolute Gasteiger partial charge is 0.271 e. The van der Waals surface area contributed by atoms with Gasteiger partial charge in [-0.3, -0.25) is 4.79 Å². The van der Waals surface area contributed by atoms with Crippen LogP contribution in [0.1, 0.15) is 36.7 Å². The molecule has 3 rings (SSSR count). The third kappa shape index (κ3) is 4.46. The predicted octanol–water partition coefficient (Wildman–Crippen LogP) is 3.87. The number of hydrazone groups is 1. The molecular formula is C22H25N5O. The van der Waals surface area contributed by atoms with E-state index in [0.717, 1.165) is 35.7 Å². The van der Waals surface area contributed by atoms with E-state index in [9.17, 15) is 4.79 Å². The summed E-state index contributed by atoms with van der Waals surface area (Å²) in [6.45, 7) is 7.97. The summed E-state index contributed by atoms with van der Waals surface area (Å²) in [5.41, 5.74) is 7.04. The van der Waals surface area contributed by atoms with Gasteiger partial charge in [0.2, 0.25) is 0 Å². The predicted molar refractivity (Wildman–Crippen MR) is 113 cm³/mol. The fraction of sp³-hybridized carbons (Fsp3) is 0.227. The molecule has 2 aromatic carbocycles. The minimum Gasteiger partial charge on any atom is -0.372 e. The van der Waals surface area contributed by atoms with Gasteiger partial charge in [-0.15, -0.1) is 0 Å². The molecule has 1 heterocycles. The largest absolute Gasteiger partial charge is 0.372 e. The lowest BCUT2D eigenvalue weighted by molar-refractivity contribution is 0.0955. The summed E-state index contributed by atoms with van der Waals surface area (Å²) >= 11 is 0. The number of anilines is 1. The third-order valence-electron chi connectivity index (χ3n) is 4.67. The molecule has 1 amide bonds. The Balaban J connectivity index is 1.64. The van der Waals surface area contributed by atoms with Crippen molar-refractivity contribution in [3.05, 3.63) is 78.4 Å². The number of rotatable bonds is 7. The van der Waals surface area contributed by atoms with Gasteiger partial charge in [0.1, 0.15) is 0 Å². The molecule has 6 nitrogen and oxygen atoms in total. The van der Waals surface area contributed by atoms with Gasteiger partial charge in [0.15, 0.2) is 0 Å². The first-order valence-electron chi connectivity index (χ1n) is 9.40. The minimum atomic E-state index is -0.222. The van der Waals surface area contributed by atoms with Crippen LogP contribution < -0.4 is 10.3 Å². The Morgan fingerprint density at radius 1 is 1.04 bits per heavy atom. The van der Waals surface area contributed by atoms with Gasteiger partial charge >= 0.3 is 0 Å². The first kappa shape index (κ1) is 19.4. The Morgan fingerprint density at radius 2 is 1.68 bits per heavy atom. The van der Waals surface area contributed by atoms with Crippen molar-refractivity contribution in [2.45, 2.75) is 20.8 Å². The van der Waals surface area contributed by atoms with Crippen LogP contribution in [0.15, 0.2) is 72.4 Å². The van der Waals surface area contributed by atoms with Crippen molar-refractivity contribution in [2.75, 3.05) is 18.0 Å². The maximum Gasteiger partial charge on any atom is 0.271 e. The van der Waals surface area contributed by atoms with Crippen LogP contribution in [-0.2, 0) is 0 Å². The summed E-state index contributed by atoms with van der Waals surface area (Å²) in [5, 5.41) is 4.24. The van der Waals surface area contributed by atoms with Crippen LogP contribution in [0.3, 0.4) is 0 Å². The second kappa shape index (κ2) is 8.99. The lowest BCUT2D eigenvalue weighted by Gasteiger charge is -2.20. The molecule has 0 atom stereocenters. The van der Waals surface area contributed by atoms with Crippen molar-refractivity contribution in [3.63, 3.8) is 0 Å². The van der Waals surface area contributed by atoms with Crippen molar-refractivity contribution in [3.8, 4) is 5.69 Å². The first-order valence-corrected chi connectivity index (χ1v) is 9.40. The zero-order valence-corrected chi connectivity index (χ0v) is 16.5. The van der Waals surface area contributed by atoms with E-state index in [1.165, 1.54) is 0 Å². The van der Waals surface area contributed by atoms with Crippen LogP contribution in [-0.4, -0.2) is 34.3 Å². The number of imidazole rings is 1. The summed E-state index contributed by atoms with van der Waals surface area (Å²) < 4.78 is 1.93. The van der Waals surface area contributed by atoms with Crippen LogP contribution in [0.5, 0.6) is 0 Å². The number of hydrogen-bond donors (Lipinski definition) is 1. The van der Waals surface area contributed by atoms with Crippen molar-refractivity contribution in [1.29, 1.82) is 0 Å². The van der Waals surface area contributed by atoms with Crippen molar-refractivity contribution >= 4 is 17.3 Å². The summed E-state index contributed by atoms with van der Waals surface area (Å²) in [6, 6.07) is 15.5. The Labute approximate surface area is 165 Å². The average molecular weight is 375 g/mol. The molecule has 0 fully saturated rings. The summed E-state index contributed by atoms with van der Waals surface area (Å²) in [5.74, 6) is -0.222. The highest BCUT2D eigenvalue weighted by atomic mass is 16.2. The number of benzene rings is 2. The standard InChI is InChI=1S/C22H25N5O/c1-4-26(5-2)20-12-8-19(9-13-20)22(28)25-24-17(3)18-6-10-21(11-7-18)27-15-14-23-16-27/h6-16H,4-5H2,1-3H3,(H,25,28)/b24-17-. The molecule has 1 N–H and O–H groups in total. The molecule has 0 aliphatic heterocycles. The maximum atomic E-state index is 12.4. The van der Waals surface area contributed by atoms with Crippen molar-refractivity contribution in [1.82, 2.24) is 15.0 Å². The highest BCUT2D eigenvalue weighted by Gasteiger charge is 2.07. The van der Waals surface area contributed by atoms with Crippen LogP contribution in [0, 0.1) is 0 Å². The first-order chi connectivity index (χ1) is 13.6. The topological polar surface area (TPSA) is 62.5 Å². The SMILES string of the molecule is CCN(CC)c1ccc(C(=O)N/N=C(/C)c2ccc(-n3ccnc3)cc2)cc1. The average Bonchev–Trinajstić information content (AvgIpc) is 3.28. The second-order valence-corrected chi connectivity index (χ2v) is 6.37. The van der Waals surface area contributed by atoms with Gasteiger partial charge in [-0.2, -0.15) is 5.10 Å². The molecular weight excluding hydrogens is 350 g/mol. The molecule has 3 aromatic rings. The zero-order valence-electron chi connectivity index (χ0n) is 16.5. The number of amides is 1. The van der Waals surface area contributed by atoms with E-state index in [1.807, 2.05) is 66.2 Å². The van der Waals surface area contributed by atoms with Gasteiger partial charge < -0.3 is 9.47 Å². The lowest BCUT2D eigenvalue weighted by atomic mass is 10.1. The number of nitrogens with one attached hydrogen (secondary N) is 1. The highest BCUT2D eigenvalue weighted by Crippen LogP contribution is 2.15. The number of carbonyl (C=O) groups is 1. The number of hydrogen-bond acceptors (Lipinski definition) is 4. The molecule has 0 bridgehead atoms. The number of carbonyl (C=O) groups excluding carboxylic acids is 1. The molecule has 0 spiro atoms. The van der Waals surface area contributed by atoms with Crippen molar-refractivity contribution < 1.29 is 4.79 Å². The Kier molecular flexibility index (Phi) is 6.22. The fourth-order valence-electron chi connectivity index (χ4n) is 2.96. The zero-order chi connectivity index (χ0) is 19.9. The van der Waals surface area contributed by atoms with Gasteiger partial charge in [0, 0.05) is 42.4 Å². The number of nitrogens with zero attached hydrogens (tertiary/aromatic N) is 4. The normalized spacial score (nSPS) is 11.3. The molecule has 0 saturated heterocycles. The van der Waals surface area contributed by atoms with Gasteiger partial charge in [0.05, 0.1) is 12.0 Å². The van der Waals surface area contributed by atoms with Gasteiger partial charge in [0.25, 0.3) is 5.91 Å². The van der Waals surface area contributed by atoms with E-state index >= 15 is 0 Å². The maximum absolute atomic E-state index is 12.4. The van der Waals surface area contributed by atoms with Gasteiger partial charge in [-0.25, -0.2) is 10.4 Å². The quantitative estimate of drug-likeness (QED) is 0.504. The fourth-order valence-corrected chi connectivity index (χ4v) is 2.96. The Bertz CT molecular complexity index is 924. The molecule has 28 heavy (non-hydrogen) atoms. The Hall–Kier alpha value is -3.41. The summed E-state index contributed by atoms with van der Waals surface area (Å²) in [4.78, 5) is 18.6. The van der Waals surface area contributed by atoms with E-state index in [4.69, 9.17) is 0 Å². The molecule has 0 aliphatic rings. The van der Waals surface area contributed by atoms with Crippen molar-refractivity contribution in [2.24, 2.45) is 5.10 Å². The molecule has 0 saturated carbocycles. The van der Waals surface area contributed by atoms with E-state index in [1.54, 1.807) is 12.5 Å². The van der Waals surface area contributed by atoms with E-state index in [0.29, 0.717) is 5.56 Å². The second-order valence-electron chi connectivity index (χ2n) is 6.37. The van der Waals surface area contributed by atoms with Crippen LogP contribution in [0.25, 0.3) is 5.69 Å². The van der Waals surface area contributed by atoms with Crippen LogP contribution in [0.4, 0.5) is 5.69 Å². The molecule has 0 aliphatic carbocycles. The number of aromatic nitrogens is 2. The highest BCUT2D eigenvalue weighted by molar-refractivity contribution is 6.01. The van der Waals surface area contributed by atoms with E-state index in [-0.39, 0.29) is 5.91 Å². The molecule has 0 radical (unpaired) electrons. The van der Waals surface area contributed by atoms with Gasteiger partial charge in [-0.05, 0) is 62.7 Å². The minimum absolute atomic E-state index is 0.222. The van der Waals surface area contributed by atoms with E-state index < -0.39 is 0 Å². The summed E-state index contributed by atoms with van der Waals surface area (Å²) in [7, 11) is 0. The van der Waals surface area contributed by atoms with E-state index in [2.05, 4.69) is 34.3 Å². The molecule has 0 unspecified atom stereocenters. The van der Waals surface area contributed by atoms with Crippen LogP contribution in [0.2, 0.25) is 0 Å². The molecule has 1 aromatic heterocycles. The lowest BCUT2D eigenvalue weighted by Crippen LogP contribution is -2.22. The summed E-state index contributed by atoms with van der Waals surface area (Å²) in [6.07, 6.45) is 5.38.